The molecule has 4 rings (SSSR count). The third kappa shape index (κ3) is 3.72. The van der Waals surface area contributed by atoms with Crippen LogP contribution in [0.4, 0.5) is 5.69 Å². The van der Waals surface area contributed by atoms with Gasteiger partial charge >= 0.3 is 0 Å². The summed E-state index contributed by atoms with van der Waals surface area (Å²) in [7, 11) is 1.97. The molecule has 0 saturated carbocycles. The fourth-order valence-corrected chi connectivity index (χ4v) is 3.09. The first kappa shape index (κ1) is 17.0. The molecule has 0 unspecified atom stereocenters. The second kappa shape index (κ2) is 7.41. The summed E-state index contributed by atoms with van der Waals surface area (Å²) in [5.41, 5.74) is 2.78. The van der Waals surface area contributed by atoms with E-state index in [9.17, 15) is 4.79 Å². The number of nitrogens with zero attached hydrogens (tertiary/aromatic N) is 5. The molecule has 27 heavy (non-hydrogen) atoms. The van der Waals surface area contributed by atoms with E-state index in [-0.39, 0.29) is 5.91 Å². The van der Waals surface area contributed by atoms with E-state index in [1.807, 2.05) is 72.4 Å². The van der Waals surface area contributed by atoms with Gasteiger partial charge in [0.05, 0.1) is 17.7 Å². The van der Waals surface area contributed by atoms with Gasteiger partial charge in [-0.3, -0.25) is 4.79 Å². The molecule has 7 heteroatoms. The number of rotatable bonds is 6. The number of anilines is 1. The van der Waals surface area contributed by atoms with E-state index in [1.54, 1.807) is 0 Å². The predicted molar refractivity (Wildman–Crippen MR) is 104 cm³/mol. The van der Waals surface area contributed by atoms with Gasteiger partial charge in [0.1, 0.15) is 0 Å². The van der Waals surface area contributed by atoms with Gasteiger partial charge in [0, 0.05) is 30.6 Å². The largest absolute Gasteiger partial charge is 0.349 e. The Labute approximate surface area is 156 Å². The van der Waals surface area contributed by atoms with Gasteiger partial charge in [-0.15, -0.1) is 10.2 Å². The zero-order chi connectivity index (χ0) is 18.6. The first-order valence-corrected chi connectivity index (χ1v) is 8.88. The van der Waals surface area contributed by atoms with Gasteiger partial charge in [-0.05, 0) is 23.8 Å². The summed E-state index contributed by atoms with van der Waals surface area (Å²) >= 11 is 0. The van der Waals surface area contributed by atoms with Gasteiger partial charge in [0.2, 0.25) is 11.7 Å². The van der Waals surface area contributed by atoms with Crippen molar-refractivity contribution < 1.29 is 4.79 Å². The molecular weight excluding hydrogens is 340 g/mol. The predicted octanol–water partition coefficient (Wildman–Crippen LogP) is 3.25. The lowest BCUT2D eigenvalue weighted by molar-refractivity contribution is -0.116. The molecule has 0 saturated heterocycles. The van der Waals surface area contributed by atoms with E-state index in [0.717, 1.165) is 22.2 Å². The minimum absolute atomic E-state index is 0.0212. The SMILES string of the molecule is Cn1ccc2cccc(NC(=O)CCCn3nnc(-c4ccccc4)n3)c21. The molecule has 0 radical (unpaired) electrons. The van der Waals surface area contributed by atoms with Crippen LogP contribution in [0.1, 0.15) is 12.8 Å². The average molecular weight is 360 g/mol. The Morgan fingerprint density at radius 3 is 2.78 bits per heavy atom. The minimum atomic E-state index is -0.0212. The van der Waals surface area contributed by atoms with Crippen LogP contribution in [0.2, 0.25) is 0 Å². The molecule has 1 amide bonds. The number of hydrogen-bond donors (Lipinski definition) is 1. The smallest absolute Gasteiger partial charge is 0.224 e. The highest BCUT2D eigenvalue weighted by Gasteiger charge is 2.09. The zero-order valence-electron chi connectivity index (χ0n) is 15.0. The fraction of sp³-hybridized carbons (Fsp3) is 0.200. The Kier molecular flexibility index (Phi) is 4.65. The lowest BCUT2D eigenvalue weighted by atomic mass is 10.2. The van der Waals surface area contributed by atoms with E-state index in [0.29, 0.717) is 25.2 Å². The number of fused-ring (bicyclic) bond motifs is 1. The number of amides is 1. The number of nitrogens with one attached hydrogen (secondary N) is 1. The summed E-state index contributed by atoms with van der Waals surface area (Å²) < 4.78 is 2.01. The summed E-state index contributed by atoms with van der Waals surface area (Å²) in [5.74, 6) is 0.572. The van der Waals surface area contributed by atoms with Crippen molar-refractivity contribution in [3.63, 3.8) is 0 Å². The van der Waals surface area contributed by atoms with Gasteiger partial charge in [-0.25, -0.2) is 0 Å². The Hall–Kier alpha value is -3.48. The van der Waals surface area contributed by atoms with Crippen LogP contribution in [-0.2, 0) is 18.4 Å². The van der Waals surface area contributed by atoms with Crippen LogP contribution in [0.15, 0.2) is 60.8 Å². The molecule has 1 N–H and O–H groups in total. The zero-order valence-corrected chi connectivity index (χ0v) is 15.0. The average Bonchev–Trinajstić information content (AvgIpc) is 3.30. The van der Waals surface area contributed by atoms with E-state index >= 15 is 0 Å². The second-order valence-corrected chi connectivity index (χ2v) is 6.40. The number of benzene rings is 2. The molecule has 0 aliphatic carbocycles. The topological polar surface area (TPSA) is 77.6 Å². The molecule has 0 aliphatic rings. The van der Waals surface area contributed by atoms with Crippen LogP contribution in [-0.4, -0.2) is 30.7 Å². The monoisotopic (exact) mass is 360 g/mol. The normalized spacial score (nSPS) is 11.0. The lowest BCUT2D eigenvalue weighted by Gasteiger charge is -2.08. The molecule has 0 fully saturated rings. The number of para-hydroxylation sites is 1. The molecule has 0 aliphatic heterocycles. The van der Waals surface area contributed by atoms with E-state index in [4.69, 9.17) is 0 Å². The van der Waals surface area contributed by atoms with Crippen molar-refractivity contribution in [2.24, 2.45) is 7.05 Å². The summed E-state index contributed by atoms with van der Waals surface area (Å²) in [6, 6.07) is 17.6. The van der Waals surface area contributed by atoms with Crippen LogP contribution >= 0.6 is 0 Å². The van der Waals surface area contributed by atoms with Crippen molar-refractivity contribution in [3.05, 3.63) is 60.8 Å². The lowest BCUT2D eigenvalue weighted by Crippen LogP contribution is -2.13. The first-order valence-electron chi connectivity index (χ1n) is 8.88. The maximum atomic E-state index is 12.3. The van der Waals surface area contributed by atoms with Gasteiger partial charge in [-0.2, -0.15) is 4.80 Å². The van der Waals surface area contributed by atoms with Crippen LogP contribution in [0, 0.1) is 0 Å². The molecule has 2 heterocycles. The number of hydrogen-bond acceptors (Lipinski definition) is 4. The number of carbonyl (C=O) groups excluding carboxylic acids is 1. The molecule has 0 atom stereocenters. The molecule has 0 spiro atoms. The van der Waals surface area contributed by atoms with Crippen molar-refractivity contribution in [1.82, 2.24) is 24.8 Å². The van der Waals surface area contributed by atoms with Crippen molar-refractivity contribution >= 4 is 22.5 Å². The Balaban J connectivity index is 1.33. The highest BCUT2D eigenvalue weighted by molar-refractivity contribution is 6.00. The van der Waals surface area contributed by atoms with Crippen molar-refractivity contribution in [2.45, 2.75) is 19.4 Å². The molecule has 2 aromatic carbocycles. The van der Waals surface area contributed by atoms with Crippen LogP contribution in [0.5, 0.6) is 0 Å². The highest BCUT2D eigenvalue weighted by Crippen LogP contribution is 2.24. The van der Waals surface area contributed by atoms with Gasteiger partial charge in [0.25, 0.3) is 0 Å². The fourth-order valence-electron chi connectivity index (χ4n) is 3.09. The van der Waals surface area contributed by atoms with E-state index in [2.05, 4.69) is 20.7 Å². The Morgan fingerprint density at radius 1 is 1.07 bits per heavy atom. The van der Waals surface area contributed by atoms with Gasteiger partial charge < -0.3 is 9.88 Å². The van der Waals surface area contributed by atoms with Crippen molar-refractivity contribution in [3.8, 4) is 11.4 Å². The second-order valence-electron chi connectivity index (χ2n) is 6.40. The first-order chi connectivity index (χ1) is 13.2. The van der Waals surface area contributed by atoms with Crippen LogP contribution < -0.4 is 5.32 Å². The quantitative estimate of drug-likeness (QED) is 0.572. The number of aromatic nitrogens is 5. The summed E-state index contributed by atoms with van der Waals surface area (Å²) in [6.07, 6.45) is 3.02. The maximum absolute atomic E-state index is 12.3. The summed E-state index contributed by atoms with van der Waals surface area (Å²) in [5, 5.41) is 16.6. The third-order valence-corrected chi connectivity index (χ3v) is 4.42. The highest BCUT2D eigenvalue weighted by atomic mass is 16.1. The number of aryl methyl sites for hydroxylation is 2. The molecule has 136 valence electrons. The van der Waals surface area contributed by atoms with Gasteiger partial charge in [-0.1, -0.05) is 42.5 Å². The maximum Gasteiger partial charge on any atom is 0.224 e. The molecular formula is C20H20N6O. The summed E-state index contributed by atoms with van der Waals surface area (Å²) in [6.45, 7) is 0.543. The minimum Gasteiger partial charge on any atom is -0.349 e. The Morgan fingerprint density at radius 2 is 1.93 bits per heavy atom. The molecule has 4 aromatic rings. The third-order valence-electron chi connectivity index (χ3n) is 4.42. The number of carbonyl (C=O) groups is 1. The van der Waals surface area contributed by atoms with Crippen LogP contribution in [0.3, 0.4) is 0 Å². The van der Waals surface area contributed by atoms with Crippen LogP contribution in [0.25, 0.3) is 22.3 Å². The molecule has 7 nitrogen and oxygen atoms in total. The van der Waals surface area contributed by atoms with Crippen molar-refractivity contribution in [1.29, 1.82) is 0 Å². The van der Waals surface area contributed by atoms with Gasteiger partial charge in [0.15, 0.2) is 0 Å². The van der Waals surface area contributed by atoms with E-state index < -0.39 is 0 Å². The van der Waals surface area contributed by atoms with E-state index in [1.165, 1.54) is 4.80 Å². The standard InChI is InChI=1S/C20H20N6O/c1-25-14-12-15-9-5-10-17(19(15)25)21-18(27)11-6-13-26-23-20(22-24-26)16-7-3-2-4-8-16/h2-5,7-10,12,14H,6,11,13H2,1H3,(H,21,27). The Bertz CT molecular complexity index is 1070. The summed E-state index contributed by atoms with van der Waals surface area (Å²) in [4.78, 5) is 13.9. The molecule has 0 bridgehead atoms. The van der Waals surface area contributed by atoms with Crippen molar-refractivity contribution in [2.75, 3.05) is 5.32 Å². The molecule has 2 aromatic heterocycles. The number of tetrazole rings is 1.